The molecule has 2 fully saturated rings. The van der Waals surface area contributed by atoms with Crippen molar-refractivity contribution in [2.24, 2.45) is 17.6 Å². The Morgan fingerprint density at radius 3 is 2.62 bits per heavy atom. The monoisotopic (exact) mass is 349 g/mol. The van der Waals surface area contributed by atoms with Crippen LogP contribution in [0.15, 0.2) is 12.1 Å². The van der Waals surface area contributed by atoms with Crippen molar-refractivity contribution < 1.29 is 9.59 Å². The second kappa shape index (κ2) is 7.66. The molecule has 3 N–H and O–H groups in total. The summed E-state index contributed by atoms with van der Waals surface area (Å²) in [6.45, 7) is 4.09. The molecule has 2 aliphatic rings. The Kier molecular flexibility index (Phi) is 5.56. The molecule has 5 nitrogen and oxygen atoms in total. The number of hydrogen-bond acceptors (Lipinski definition) is 4. The van der Waals surface area contributed by atoms with Crippen LogP contribution in [0.25, 0.3) is 0 Å². The fourth-order valence-electron chi connectivity index (χ4n) is 3.94. The van der Waals surface area contributed by atoms with Crippen LogP contribution in [0.3, 0.4) is 0 Å². The van der Waals surface area contributed by atoms with Crippen molar-refractivity contribution in [3.8, 4) is 0 Å². The quantitative estimate of drug-likeness (QED) is 0.874. The third kappa shape index (κ3) is 3.81. The first kappa shape index (κ1) is 17.4. The largest absolute Gasteiger partial charge is 0.348 e. The Balaban J connectivity index is 1.49. The Labute approximate surface area is 147 Å². The SMILES string of the molecule is Cc1ccc(C(=O)NC2CCN(C(=O)[C@@H]3CCC[C@@H]3CN)CC2)s1. The van der Waals surface area contributed by atoms with E-state index in [-0.39, 0.29) is 23.8 Å². The molecule has 1 saturated heterocycles. The van der Waals surface area contributed by atoms with Crippen molar-refractivity contribution in [2.75, 3.05) is 19.6 Å². The molecule has 0 radical (unpaired) electrons. The molecule has 1 aromatic heterocycles. The van der Waals surface area contributed by atoms with Crippen LogP contribution < -0.4 is 11.1 Å². The molecule has 6 heteroatoms. The smallest absolute Gasteiger partial charge is 0.261 e. The third-order valence-electron chi connectivity index (χ3n) is 5.39. The highest BCUT2D eigenvalue weighted by atomic mass is 32.1. The van der Waals surface area contributed by atoms with Gasteiger partial charge in [-0.2, -0.15) is 0 Å². The van der Waals surface area contributed by atoms with E-state index in [1.807, 2.05) is 24.0 Å². The predicted octanol–water partition coefficient (Wildman–Crippen LogP) is 2.15. The molecule has 1 aliphatic carbocycles. The number of piperidine rings is 1. The van der Waals surface area contributed by atoms with E-state index in [9.17, 15) is 9.59 Å². The number of aryl methyl sites for hydroxylation is 1. The minimum atomic E-state index is 0.0110. The van der Waals surface area contributed by atoms with Gasteiger partial charge < -0.3 is 16.0 Å². The second-order valence-corrected chi connectivity index (χ2v) is 8.30. The van der Waals surface area contributed by atoms with Gasteiger partial charge in [0, 0.05) is 29.9 Å². The molecule has 0 aromatic carbocycles. The van der Waals surface area contributed by atoms with Gasteiger partial charge in [0.2, 0.25) is 5.91 Å². The maximum atomic E-state index is 12.7. The molecule has 2 amide bonds. The zero-order chi connectivity index (χ0) is 17.1. The van der Waals surface area contributed by atoms with Crippen molar-refractivity contribution in [3.05, 3.63) is 21.9 Å². The van der Waals surface area contributed by atoms with Crippen LogP contribution in [-0.4, -0.2) is 42.4 Å². The molecule has 1 saturated carbocycles. The summed E-state index contributed by atoms with van der Waals surface area (Å²) in [6, 6.07) is 4.01. The van der Waals surface area contributed by atoms with Gasteiger partial charge in [-0.25, -0.2) is 0 Å². The van der Waals surface area contributed by atoms with E-state index in [4.69, 9.17) is 5.73 Å². The fourth-order valence-corrected chi connectivity index (χ4v) is 4.71. The molecule has 1 aliphatic heterocycles. The summed E-state index contributed by atoms with van der Waals surface area (Å²) in [6.07, 6.45) is 4.85. The van der Waals surface area contributed by atoms with E-state index in [2.05, 4.69) is 5.32 Å². The molecule has 3 rings (SSSR count). The molecule has 2 atom stereocenters. The van der Waals surface area contributed by atoms with Crippen molar-refractivity contribution in [1.82, 2.24) is 10.2 Å². The molecule has 1 aromatic rings. The highest BCUT2D eigenvalue weighted by Crippen LogP contribution is 2.33. The summed E-state index contributed by atoms with van der Waals surface area (Å²) in [5.41, 5.74) is 5.81. The van der Waals surface area contributed by atoms with Gasteiger partial charge in [-0.3, -0.25) is 9.59 Å². The van der Waals surface area contributed by atoms with Gasteiger partial charge in [-0.15, -0.1) is 11.3 Å². The van der Waals surface area contributed by atoms with Crippen LogP contribution in [0.5, 0.6) is 0 Å². The zero-order valence-corrected chi connectivity index (χ0v) is 15.1. The number of hydrogen-bond donors (Lipinski definition) is 2. The van der Waals surface area contributed by atoms with E-state index in [1.165, 1.54) is 11.3 Å². The number of carbonyl (C=O) groups excluding carboxylic acids is 2. The second-order valence-electron chi connectivity index (χ2n) is 7.02. The average Bonchev–Trinajstić information content (AvgIpc) is 3.23. The standard InChI is InChI=1S/C18H27N3O2S/c1-12-5-6-16(24-12)17(22)20-14-7-9-21(10-8-14)18(23)15-4-2-3-13(15)11-19/h5-6,13-15H,2-4,7-11,19H2,1H3,(H,20,22)/t13-,15-/m1/s1. The Bertz CT molecular complexity index is 593. The van der Waals surface area contributed by atoms with E-state index in [0.717, 1.165) is 54.9 Å². The number of nitrogens with one attached hydrogen (secondary N) is 1. The van der Waals surface area contributed by atoms with Crippen LogP contribution in [0.1, 0.15) is 46.7 Å². The number of nitrogens with zero attached hydrogens (tertiary/aromatic N) is 1. The van der Waals surface area contributed by atoms with Crippen LogP contribution in [0, 0.1) is 18.8 Å². The summed E-state index contributed by atoms with van der Waals surface area (Å²) in [5, 5.41) is 3.11. The summed E-state index contributed by atoms with van der Waals surface area (Å²) in [4.78, 5) is 28.8. The minimum absolute atomic E-state index is 0.0110. The van der Waals surface area contributed by atoms with Crippen LogP contribution >= 0.6 is 11.3 Å². The van der Waals surface area contributed by atoms with Crippen molar-refractivity contribution in [2.45, 2.75) is 45.1 Å². The van der Waals surface area contributed by atoms with Gasteiger partial charge in [0.25, 0.3) is 5.91 Å². The van der Waals surface area contributed by atoms with Crippen LogP contribution in [0.4, 0.5) is 0 Å². The average molecular weight is 350 g/mol. The molecule has 0 spiro atoms. The van der Waals surface area contributed by atoms with E-state index in [1.54, 1.807) is 0 Å². The normalized spacial score (nSPS) is 25.0. The molecule has 0 bridgehead atoms. The zero-order valence-electron chi connectivity index (χ0n) is 14.3. The fraction of sp³-hybridized carbons (Fsp3) is 0.667. The van der Waals surface area contributed by atoms with Crippen LogP contribution in [-0.2, 0) is 4.79 Å². The highest BCUT2D eigenvalue weighted by Gasteiger charge is 2.36. The lowest BCUT2D eigenvalue weighted by molar-refractivity contribution is -0.137. The van der Waals surface area contributed by atoms with Gasteiger partial charge in [-0.05, 0) is 57.2 Å². The minimum Gasteiger partial charge on any atom is -0.348 e. The number of rotatable bonds is 4. The lowest BCUT2D eigenvalue weighted by Gasteiger charge is -2.34. The highest BCUT2D eigenvalue weighted by molar-refractivity contribution is 7.13. The van der Waals surface area contributed by atoms with E-state index < -0.39 is 0 Å². The summed E-state index contributed by atoms with van der Waals surface area (Å²) in [7, 11) is 0. The Hall–Kier alpha value is -1.40. The van der Waals surface area contributed by atoms with Gasteiger partial charge >= 0.3 is 0 Å². The maximum absolute atomic E-state index is 12.7. The first-order chi connectivity index (χ1) is 11.6. The van der Waals surface area contributed by atoms with Crippen molar-refractivity contribution in [1.29, 1.82) is 0 Å². The first-order valence-corrected chi connectivity index (χ1v) is 9.76. The van der Waals surface area contributed by atoms with Crippen LogP contribution in [0.2, 0.25) is 0 Å². The molecule has 2 heterocycles. The number of thiophene rings is 1. The summed E-state index contributed by atoms with van der Waals surface area (Å²) < 4.78 is 0. The molecule has 0 unspecified atom stereocenters. The van der Waals surface area contributed by atoms with Gasteiger partial charge in [0.15, 0.2) is 0 Å². The van der Waals surface area contributed by atoms with E-state index >= 15 is 0 Å². The topological polar surface area (TPSA) is 75.4 Å². The van der Waals surface area contributed by atoms with Crippen molar-refractivity contribution in [3.63, 3.8) is 0 Å². The number of likely N-dealkylation sites (tertiary alicyclic amines) is 1. The first-order valence-electron chi connectivity index (χ1n) is 8.94. The Morgan fingerprint density at radius 2 is 2.00 bits per heavy atom. The summed E-state index contributed by atoms with van der Waals surface area (Å²) >= 11 is 1.52. The Morgan fingerprint density at radius 1 is 1.25 bits per heavy atom. The third-order valence-corrected chi connectivity index (χ3v) is 6.38. The van der Waals surface area contributed by atoms with Gasteiger partial charge in [0.1, 0.15) is 0 Å². The van der Waals surface area contributed by atoms with E-state index in [0.29, 0.717) is 12.5 Å². The number of nitrogens with two attached hydrogens (primary N) is 1. The molecule has 24 heavy (non-hydrogen) atoms. The lowest BCUT2D eigenvalue weighted by Crippen LogP contribution is -2.48. The predicted molar refractivity (Wildman–Crippen MR) is 96.0 cm³/mol. The lowest BCUT2D eigenvalue weighted by atomic mass is 9.93. The molecular weight excluding hydrogens is 322 g/mol. The van der Waals surface area contributed by atoms with Gasteiger partial charge in [0.05, 0.1) is 4.88 Å². The number of carbonyl (C=O) groups is 2. The summed E-state index contributed by atoms with van der Waals surface area (Å²) in [5.74, 6) is 0.769. The molecular formula is C18H27N3O2S. The van der Waals surface area contributed by atoms with Gasteiger partial charge in [-0.1, -0.05) is 6.42 Å². The maximum Gasteiger partial charge on any atom is 0.261 e. The van der Waals surface area contributed by atoms with Crippen molar-refractivity contribution >= 4 is 23.2 Å². The number of amides is 2. The molecule has 132 valence electrons.